The topological polar surface area (TPSA) is 46.2 Å². The zero-order valence-electron chi connectivity index (χ0n) is 32.9. The monoisotopic (exact) mass is 730 g/mol. The van der Waals surface area contributed by atoms with E-state index in [1.54, 1.807) is 21.3 Å². The van der Waals surface area contributed by atoms with Gasteiger partial charge in [0, 0.05) is 44.4 Å². The second-order valence-electron chi connectivity index (χ2n) is 17.2. The minimum absolute atomic E-state index is 0.102. The van der Waals surface area contributed by atoms with E-state index < -0.39 is 5.60 Å². The Morgan fingerprint density at radius 1 is 0.782 bits per heavy atom. The SMILES string of the molecule is C/C=C1\CC(C)(C)CC2(C1)c1ccccc1-c1c2c2c(c3cc(OC)c4c(c13)C1CCCCC1O4)OC(c1ccc(OC)cc1)(c1ccc(OC)cc1)C=C2. The van der Waals surface area contributed by atoms with Crippen LogP contribution < -0.4 is 23.7 Å². The largest absolute Gasteiger partial charge is 0.497 e. The zero-order chi connectivity index (χ0) is 37.7. The third-order valence-electron chi connectivity index (χ3n) is 13.5. The predicted octanol–water partition coefficient (Wildman–Crippen LogP) is 12.1. The van der Waals surface area contributed by atoms with Gasteiger partial charge in [0.2, 0.25) is 0 Å². The van der Waals surface area contributed by atoms with Gasteiger partial charge in [-0.1, -0.05) is 86.5 Å². The van der Waals surface area contributed by atoms with E-state index in [4.69, 9.17) is 23.7 Å². The summed E-state index contributed by atoms with van der Waals surface area (Å²) >= 11 is 0. The fraction of sp³-hybridized carbons (Fsp3) is 0.360. The maximum atomic E-state index is 7.83. The highest BCUT2D eigenvalue weighted by atomic mass is 16.5. The average molecular weight is 731 g/mol. The molecule has 0 radical (unpaired) electrons. The number of hydrogen-bond donors (Lipinski definition) is 0. The lowest BCUT2D eigenvalue weighted by molar-refractivity contribution is 0.160. The maximum absolute atomic E-state index is 7.83. The van der Waals surface area contributed by atoms with Crippen molar-refractivity contribution in [3.8, 4) is 39.9 Å². The van der Waals surface area contributed by atoms with Crippen LogP contribution in [-0.4, -0.2) is 27.4 Å². The van der Waals surface area contributed by atoms with Crippen molar-refractivity contribution in [2.75, 3.05) is 21.3 Å². The molecule has 2 saturated carbocycles. The highest BCUT2D eigenvalue weighted by Crippen LogP contribution is 2.67. The Hall–Kier alpha value is -5.16. The standard InChI is InChI=1S/C50H50O5/c1-7-30-27-48(2,3)29-49(28-30)39-14-10-8-12-35(39)43-42-38(26-41(53-6)47-44(42)36-13-9-11-15-40(36)54-47)46-37(45(43)49)24-25-50(55-46,31-16-20-33(51-4)21-17-31)32-18-22-34(52-5)23-19-32/h7-8,10,12,14,16-26,36,40H,9,11,13,15,27-29H2,1-6H3/b30-7+. The van der Waals surface area contributed by atoms with E-state index in [0.717, 1.165) is 77.4 Å². The Labute approximate surface area is 324 Å². The van der Waals surface area contributed by atoms with Gasteiger partial charge in [-0.25, -0.2) is 0 Å². The molecule has 5 heteroatoms. The fourth-order valence-corrected chi connectivity index (χ4v) is 11.4. The molecule has 0 aromatic heterocycles. The van der Waals surface area contributed by atoms with Crippen molar-refractivity contribution in [3.05, 3.63) is 130 Å². The number of fused-ring (bicyclic) bond motifs is 14. The van der Waals surface area contributed by atoms with Crippen LogP contribution in [-0.2, 0) is 11.0 Å². The Bertz CT molecular complexity index is 2370. The molecule has 0 amide bonds. The zero-order valence-corrected chi connectivity index (χ0v) is 32.9. The number of rotatable bonds is 5. The van der Waals surface area contributed by atoms with Gasteiger partial charge >= 0.3 is 0 Å². The number of ether oxygens (including phenoxy) is 5. The molecule has 1 spiro atoms. The Morgan fingerprint density at radius 2 is 1.47 bits per heavy atom. The molecule has 5 nitrogen and oxygen atoms in total. The van der Waals surface area contributed by atoms with Gasteiger partial charge in [-0.15, -0.1) is 0 Å². The smallest absolute Gasteiger partial charge is 0.178 e. The molecule has 5 aromatic rings. The van der Waals surface area contributed by atoms with Gasteiger partial charge in [-0.2, -0.15) is 0 Å². The number of hydrogen-bond acceptors (Lipinski definition) is 5. The second kappa shape index (κ2) is 12.4. The van der Waals surface area contributed by atoms with Crippen LogP contribution in [0.15, 0.2) is 96.6 Å². The summed E-state index contributed by atoms with van der Waals surface area (Å²) in [6, 6.07) is 28.1. The first-order valence-electron chi connectivity index (χ1n) is 20.1. The molecule has 5 aromatic carbocycles. The molecule has 3 aliphatic carbocycles. The molecule has 2 aliphatic heterocycles. The van der Waals surface area contributed by atoms with Crippen LogP contribution in [0.3, 0.4) is 0 Å². The van der Waals surface area contributed by atoms with Gasteiger partial charge in [0.1, 0.15) is 23.4 Å². The quantitative estimate of drug-likeness (QED) is 0.169. The van der Waals surface area contributed by atoms with Crippen LogP contribution in [0.4, 0.5) is 0 Å². The maximum Gasteiger partial charge on any atom is 0.178 e. The van der Waals surface area contributed by atoms with E-state index in [-0.39, 0.29) is 16.9 Å². The molecule has 2 heterocycles. The summed E-state index contributed by atoms with van der Waals surface area (Å²) in [5, 5.41) is 2.37. The van der Waals surface area contributed by atoms with Gasteiger partial charge in [0.15, 0.2) is 17.1 Å². The van der Waals surface area contributed by atoms with E-state index in [0.29, 0.717) is 5.92 Å². The highest BCUT2D eigenvalue weighted by Gasteiger charge is 2.54. The molecule has 2 fully saturated rings. The van der Waals surface area contributed by atoms with Gasteiger partial charge in [0.25, 0.3) is 0 Å². The lowest BCUT2D eigenvalue weighted by Gasteiger charge is -2.47. The van der Waals surface area contributed by atoms with E-state index in [2.05, 4.69) is 93.6 Å². The summed E-state index contributed by atoms with van der Waals surface area (Å²) in [7, 11) is 5.19. The third kappa shape index (κ3) is 4.90. The first-order chi connectivity index (χ1) is 26.7. The molecule has 3 unspecified atom stereocenters. The normalized spacial score (nSPS) is 24.3. The number of methoxy groups -OCH3 is 3. The van der Waals surface area contributed by atoms with E-state index >= 15 is 0 Å². The summed E-state index contributed by atoms with van der Waals surface area (Å²) in [6.45, 7) is 7.14. The molecule has 3 atom stereocenters. The average Bonchev–Trinajstić information content (AvgIpc) is 3.73. The molecular weight excluding hydrogens is 681 g/mol. The van der Waals surface area contributed by atoms with Crippen LogP contribution in [0.5, 0.6) is 28.7 Å². The van der Waals surface area contributed by atoms with Gasteiger partial charge in [-0.3, -0.25) is 0 Å². The first-order valence-corrected chi connectivity index (χ1v) is 20.1. The van der Waals surface area contributed by atoms with Crippen LogP contribution in [0, 0.1) is 5.41 Å². The minimum atomic E-state index is -0.929. The summed E-state index contributed by atoms with van der Waals surface area (Å²) in [5.41, 5.74) is 10.5. The Balaban J connectivity index is 1.34. The van der Waals surface area contributed by atoms with Gasteiger partial charge in [0.05, 0.1) is 21.3 Å². The third-order valence-corrected chi connectivity index (χ3v) is 13.5. The molecule has 0 bridgehead atoms. The number of benzene rings is 5. The number of allylic oxidation sites excluding steroid dienone is 2. The lowest BCUT2D eigenvalue weighted by atomic mass is 9.57. The predicted molar refractivity (Wildman–Crippen MR) is 220 cm³/mol. The van der Waals surface area contributed by atoms with Crippen LogP contribution in [0.1, 0.15) is 105 Å². The molecule has 5 aliphatic rings. The minimum Gasteiger partial charge on any atom is -0.497 e. The molecule has 0 N–H and O–H groups in total. The molecular formula is C50H50O5. The highest BCUT2D eigenvalue weighted by molar-refractivity contribution is 6.12. The molecule has 0 saturated heterocycles. The van der Waals surface area contributed by atoms with Crippen molar-refractivity contribution in [2.24, 2.45) is 5.41 Å². The summed E-state index contributed by atoms with van der Waals surface area (Å²) in [4.78, 5) is 0. The van der Waals surface area contributed by atoms with Crippen molar-refractivity contribution in [3.63, 3.8) is 0 Å². The van der Waals surface area contributed by atoms with Crippen molar-refractivity contribution in [2.45, 2.75) is 88.8 Å². The van der Waals surface area contributed by atoms with Crippen LogP contribution in [0.25, 0.3) is 28.0 Å². The summed E-state index contributed by atoms with van der Waals surface area (Å²) in [5.74, 6) is 4.52. The van der Waals surface area contributed by atoms with Crippen molar-refractivity contribution in [1.29, 1.82) is 0 Å². The van der Waals surface area contributed by atoms with Crippen molar-refractivity contribution in [1.82, 2.24) is 0 Å². The van der Waals surface area contributed by atoms with Gasteiger partial charge in [-0.05, 0) is 110 Å². The van der Waals surface area contributed by atoms with E-state index in [9.17, 15) is 0 Å². The van der Waals surface area contributed by atoms with Crippen LogP contribution in [0.2, 0.25) is 0 Å². The molecule has 280 valence electrons. The Kier molecular flexibility index (Phi) is 7.76. The van der Waals surface area contributed by atoms with E-state index in [1.165, 1.54) is 57.2 Å². The van der Waals surface area contributed by atoms with Crippen molar-refractivity contribution >= 4 is 16.8 Å². The first kappa shape index (κ1) is 34.3. The van der Waals surface area contributed by atoms with Gasteiger partial charge < -0.3 is 23.7 Å². The van der Waals surface area contributed by atoms with Crippen LogP contribution >= 0.6 is 0 Å². The molecule has 10 rings (SSSR count). The molecule has 55 heavy (non-hydrogen) atoms. The summed E-state index contributed by atoms with van der Waals surface area (Å²) < 4.78 is 32.3. The summed E-state index contributed by atoms with van der Waals surface area (Å²) in [6.07, 6.45) is 14.9. The van der Waals surface area contributed by atoms with E-state index in [1.807, 2.05) is 24.3 Å². The lowest BCUT2D eigenvalue weighted by Crippen LogP contribution is -2.39. The second-order valence-corrected chi connectivity index (χ2v) is 17.2. The Morgan fingerprint density at radius 3 is 2.15 bits per heavy atom. The van der Waals surface area contributed by atoms with Crippen molar-refractivity contribution < 1.29 is 23.7 Å². The fourth-order valence-electron chi connectivity index (χ4n) is 11.4.